The van der Waals surface area contributed by atoms with E-state index in [2.05, 4.69) is 10.2 Å². The predicted octanol–water partition coefficient (Wildman–Crippen LogP) is 4.45. The lowest BCUT2D eigenvalue weighted by Crippen LogP contribution is -1.90. The van der Waals surface area contributed by atoms with Gasteiger partial charge in [-0.2, -0.15) is 0 Å². The van der Waals surface area contributed by atoms with Gasteiger partial charge in [-0.15, -0.1) is 10.2 Å². The molecule has 3 aromatic rings. The van der Waals surface area contributed by atoms with E-state index < -0.39 is 0 Å². The fraction of sp³-hybridized carbons (Fsp3) is 0. The monoisotopic (exact) mass is 266 g/mol. The first-order valence-electron chi connectivity index (χ1n) is 5.98. The summed E-state index contributed by atoms with van der Waals surface area (Å²) in [6.45, 7) is 0. The molecule has 1 aromatic heterocycles. The second-order valence-electron chi connectivity index (χ2n) is 4.17. The zero-order valence-corrected chi connectivity index (χ0v) is 10.9. The Bertz CT molecular complexity index is 736. The third kappa shape index (κ3) is 2.49. The maximum atomic E-state index is 6.05. The molecule has 19 heavy (non-hydrogen) atoms. The standard InChI is InChI=1S/C16H11ClN2/c17-16-14-9-5-4-8-13(14)15(18-19-16)11-10-12-6-2-1-3-7-12/h1-11H/b11-10+. The molecule has 0 N–H and O–H groups in total. The van der Waals surface area contributed by atoms with Gasteiger partial charge in [-0.25, -0.2) is 0 Å². The van der Waals surface area contributed by atoms with Crippen LogP contribution in [-0.2, 0) is 0 Å². The third-order valence-electron chi connectivity index (χ3n) is 2.90. The van der Waals surface area contributed by atoms with Gasteiger partial charge in [-0.05, 0) is 11.6 Å². The van der Waals surface area contributed by atoms with Gasteiger partial charge in [0.05, 0.1) is 5.69 Å². The molecule has 0 radical (unpaired) electrons. The Kier molecular flexibility index (Phi) is 3.25. The Morgan fingerprint density at radius 3 is 2.21 bits per heavy atom. The summed E-state index contributed by atoms with van der Waals surface area (Å²) in [7, 11) is 0. The molecule has 3 heteroatoms. The summed E-state index contributed by atoms with van der Waals surface area (Å²) in [5.74, 6) is 0. The molecule has 1 heterocycles. The van der Waals surface area contributed by atoms with Crippen molar-refractivity contribution in [3.05, 3.63) is 71.0 Å². The summed E-state index contributed by atoms with van der Waals surface area (Å²) >= 11 is 6.05. The van der Waals surface area contributed by atoms with Gasteiger partial charge in [0.25, 0.3) is 0 Å². The van der Waals surface area contributed by atoms with Crippen molar-refractivity contribution in [2.75, 3.05) is 0 Å². The van der Waals surface area contributed by atoms with Gasteiger partial charge in [0.2, 0.25) is 0 Å². The number of halogens is 1. The van der Waals surface area contributed by atoms with E-state index >= 15 is 0 Å². The van der Waals surface area contributed by atoms with Crippen LogP contribution in [-0.4, -0.2) is 10.2 Å². The van der Waals surface area contributed by atoms with E-state index in [1.165, 1.54) is 0 Å². The zero-order chi connectivity index (χ0) is 13.1. The summed E-state index contributed by atoms with van der Waals surface area (Å²) in [5, 5.41) is 10.5. The highest BCUT2D eigenvalue weighted by Gasteiger charge is 2.04. The Morgan fingerprint density at radius 2 is 1.42 bits per heavy atom. The summed E-state index contributed by atoms with van der Waals surface area (Å²) in [4.78, 5) is 0. The lowest BCUT2D eigenvalue weighted by atomic mass is 10.1. The minimum absolute atomic E-state index is 0.437. The van der Waals surface area contributed by atoms with Gasteiger partial charge in [0.1, 0.15) is 0 Å². The maximum Gasteiger partial charge on any atom is 0.159 e. The average molecular weight is 267 g/mol. The molecule has 0 aliphatic heterocycles. The van der Waals surface area contributed by atoms with E-state index in [1.807, 2.05) is 66.7 Å². The van der Waals surface area contributed by atoms with Crippen LogP contribution in [0.2, 0.25) is 5.15 Å². The van der Waals surface area contributed by atoms with Gasteiger partial charge >= 0.3 is 0 Å². The molecule has 0 amide bonds. The number of hydrogen-bond donors (Lipinski definition) is 0. The number of nitrogens with zero attached hydrogens (tertiary/aromatic N) is 2. The van der Waals surface area contributed by atoms with Crippen LogP contribution >= 0.6 is 11.6 Å². The molecule has 0 saturated heterocycles. The van der Waals surface area contributed by atoms with Gasteiger partial charge in [-0.1, -0.05) is 72.3 Å². The van der Waals surface area contributed by atoms with E-state index in [4.69, 9.17) is 11.6 Å². The van der Waals surface area contributed by atoms with Gasteiger partial charge in [-0.3, -0.25) is 0 Å². The first kappa shape index (κ1) is 11.9. The van der Waals surface area contributed by atoms with Crippen LogP contribution in [0.4, 0.5) is 0 Å². The van der Waals surface area contributed by atoms with E-state index in [0.29, 0.717) is 5.15 Å². The Morgan fingerprint density at radius 1 is 0.737 bits per heavy atom. The van der Waals surface area contributed by atoms with E-state index in [0.717, 1.165) is 22.0 Å². The SMILES string of the molecule is Clc1nnc(/C=C/c2ccccc2)c2ccccc12. The zero-order valence-electron chi connectivity index (χ0n) is 10.1. The molecule has 0 aliphatic carbocycles. The van der Waals surface area contributed by atoms with Crippen molar-refractivity contribution in [2.24, 2.45) is 0 Å². The van der Waals surface area contributed by atoms with Crippen LogP contribution in [0.25, 0.3) is 22.9 Å². The number of hydrogen-bond acceptors (Lipinski definition) is 2. The Balaban J connectivity index is 2.07. The molecule has 2 nitrogen and oxygen atoms in total. The van der Waals surface area contributed by atoms with Crippen molar-refractivity contribution >= 4 is 34.5 Å². The molecule has 0 bridgehead atoms. The first-order valence-corrected chi connectivity index (χ1v) is 6.36. The summed E-state index contributed by atoms with van der Waals surface area (Å²) < 4.78 is 0. The predicted molar refractivity (Wildman–Crippen MR) is 79.9 cm³/mol. The minimum Gasteiger partial charge on any atom is -0.149 e. The third-order valence-corrected chi connectivity index (χ3v) is 3.18. The fourth-order valence-corrected chi connectivity index (χ4v) is 2.16. The van der Waals surface area contributed by atoms with Gasteiger partial charge in [0.15, 0.2) is 5.15 Å². The van der Waals surface area contributed by atoms with Crippen molar-refractivity contribution in [3.8, 4) is 0 Å². The molecular formula is C16H11ClN2. The molecule has 3 rings (SSSR count). The molecule has 0 saturated carbocycles. The van der Waals surface area contributed by atoms with Crippen LogP contribution in [0.15, 0.2) is 54.6 Å². The highest BCUT2D eigenvalue weighted by Crippen LogP contribution is 2.23. The number of aromatic nitrogens is 2. The number of rotatable bonds is 2. The highest BCUT2D eigenvalue weighted by molar-refractivity contribution is 6.34. The average Bonchev–Trinajstić information content (AvgIpc) is 2.48. The lowest BCUT2D eigenvalue weighted by molar-refractivity contribution is 1.04. The topological polar surface area (TPSA) is 25.8 Å². The van der Waals surface area contributed by atoms with E-state index in [1.54, 1.807) is 0 Å². The molecule has 0 atom stereocenters. The van der Waals surface area contributed by atoms with Crippen LogP contribution in [0.3, 0.4) is 0 Å². The van der Waals surface area contributed by atoms with Crippen LogP contribution in [0.1, 0.15) is 11.3 Å². The summed E-state index contributed by atoms with van der Waals surface area (Å²) in [5.41, 5.74) is 1.95. The Labute approximate surface area is 116 Å². The summed E-state index contributed by atoms with van der Waals surface area (Å²) in [6, 6.07) is 18.0. The smallest absolute Gasteiger partial charge is 0.149 e. The second kappa shape index (κ2) is 5.21. The van der Waals surface area contributed by atoms with Gasteiger partial charge < -0.3 is 0 Å². The van der Waals surface area contributed by atoms with Crippen molar-refractivity contribution in [1.29, 1.82) is 0 Å². The molecular weight excluding hydrogens is 256 g/mol. The maximum absolute atomic E-state index is 6.05. The van der Waals surface area contributed by atoms with Crippen LogP contribution < -0.4 is 0 Å². The van der Waals surface area contributed by atoms with Crippen LogP contribution in [0.5, 0.6) is 0 Å². The quantitative estimate of drug-likeness (QED) is 0.685. The largest absolute Gasteiger partial charge is 0.159 e. The summed E-state index contributed by atoms with van der Waals surface area (Å²) in [6.07, 6.45) is 3.98. The number of fused-ring (bicyclic) bond motifs is 1. The molecule has 0 unspecified atom stereocenters. The Hall–Kier alpha value is -2.19. The number of benzene rings is 2. The second-order valence-corrected chi connectivity index (χ2v) is 4.52. The van der Waals surface area contributed by atoms with Crippen LogP contribution in [0, 0.1) is 0 Å². The fourth-order valence-electron chi connectivity index (χ4n) is 1.95. The molecule has 0 fully saturated rings. The van der Waals surface area contributed by atoms with Crippen molar-refractivity contribution in [2.45, 2.75) is 0 Å². The van der Waals surface area contributed by atoms with E-state index in [-0.39, 0.29) is 0 Å². The molecule has 2 aromatic carbocycles. The minimum atomic E-state index is 0.437. The van der Waals surface area contributed by atoms with Crippen molar-refractivity contribution in [1.82, 2.24) is 10.2 Å². The molecule has 0 spiro atoms. The van der Waals surface area contributed by atoms with Crippen molar-refractivity contribution in [3.63, 3.8) is 0 Å². The normalized spacial score (nSPS) is 11.2. The first-order chi connectivity index (χ1) is 9.34. The molecule has 0 aliphatic rings. The van der Waals surface area contributed by atoms with Gasteiger partial charge in [0, 0.05) is 10.8 Å². The van der Waals surface area contributed by atoms with E-state index in [9.17, 15) is 0 Å². The van der Waals surface area contributed by atoms with Crippen molar-refractivity contribution < 1.29 is 0 Å². The lowest BCUT2D eigenvalue weighted by Gasteiger charge is -2.01. The molecule has 92 valence electrons. The highest BCUT2D eigenvalue weighted by atomic mass is 35.5.